The number of benzene rings is 1. The van der Waals surface area contributed by atoms with E-state index in [9.17, 15) is 24.6 Å². The zero-order chi connectivity index (χ0) is 15.5. The molecule has 1 amide bonds. The SMILES string of the molecule is CC(=O)NC(Cc1ccc(C)c(C)c1)(C(=O)O)C(=O)O. The van der Waals surface area contributed by atoms with Crippen LogP contribution in [0.3, 0.4) is 0 Å². The first-order valence-corrected chi connectivity index (χ1v) is 6.00. The number of hydrogen-bond acceptors (Lipinski definition) is 3. The van der Waals surface area contributed by atoms with Crippen LogP contribution in [-0.4, -0.2) is 33.6 Å². The number of rotatable bonds is 5. The predicted molar refractivity (Wildman–Crippen MR) is 71.4 cm³/mol. The van der Waals surface area contributed by atoms with E-state index in [1.807, 2.05) is 19.2 Å². The molecule has 0 atom stereocenters. The molecule has 0 heterocycles. The lowest BCUT2D eigenvalue weighted by Crippen LogP contribution is -2.61. The average molecular weight is 279 g/mol. The third-order valence-electron chi connectivity index (χ3n) is 3.16. The van der Waals surface area contributed by atoms with Crippen LogP contribution >= 0.6 is 0 Å². The van der Waals surface area contributed by atoms with Gasteiger partial charge in [-0.25, -0.2) is 9.59 Å². The third-order valence-corrected chi connectivity index (χ3v) is 3.16. The molecule has 0 fully saturated rings. The summed E-state index contributed by atoms with van der Waals surface area (Å²) in [5.74, 6) is -3.91. The van der Waals surface area contributed by atoms with Gasteiger partial charge in [-0.05, 0) is 30.5 Å². The van der Waals surface area contributed by atoms with Gasteiger partial charge in [-0.2, -0.15) is 0 Å². The van der Waals surface area contributed by atoms with Crippen molar-refractivity contribution in [2.24, 2.45) is 0 Å². The van der Waals surface area contributed by atoms with E-state index >= 15 is 0 Å². The highest BCUT2D eigenvalue weighted by Crippen LogP contribution is 2.18. The smallest absolute Gasteiger partial charge is 0.341 e. The fourth-order valence-corrected chi connectivity index (χ4v) is 1.91. The van der Waals surface area contributed by atoms with Crippen LogP contribution in [0.5, 0.6) is 0 Å². The maximum atomic E-state index is 11.4. The second kappa shape index (κ2) is 5.73. The minimum atomic E-state index is -2.35. The molecule has 3 N–H and O–H groups in total. The van der Waals surface area contributed by atoms with E-state index in [0.717, 1.165) is 18.1 Å². The number of aliphatic carboxylic acids is 2. The number of carboxylic acids is 2. The van der Waals surface area contributed by atoms with Gasteiger partial charge >= 0.3 is 11.9 Å². The van der Waals surface area contributed by atoms with Gasteiger partial charge in [0.1, 0.15) is 0 Å². The fourth-order valence-electron chi connectivity index (χ4n) is 1.91. The lowest BCUT2D eigenvalue weighted by Gasteiger charge is -2.25. The van der Waals surface area contributed by atoms with E-state index < -0.39 is 23.4 Å². The first-order chi connectivity index (χ1) is 9.19. The fraction of sp³-hybridized carbons (Fsp3) is 0.357. The molecular formula is C14H17NO5. The van der Waals surface area contributed by atoms with Crippen LogP contribution in [-0.2, 0) is 20.8 Å². The summed E-state index contributed by atoms with van der Waals surface area (Å²) in [6, 6.07) is 5.16. The molecule has 0 aliphatic carbocycles. The van der Waals surface area contributed by atoms with Crippen LogP contribution < -0.4 is 5.32 Å². The Labute approximate surface area is 116 Å². The molecular weight excluding hydrogens is 262 g/mol. The normalized spacial score (nSPS) is 10.9. The number of hydrogen-bond donors (Lipinski definition) is 3. The van der Waals surface area contributed by atoms with Gasteiger partial charge in [0.15, 0.2) is 0 Å². The van der Waals surface area contributed by atoms with E-state index in [2.05, 4.69) is 0 Å². The summed E-state index contributed by atoms with van der Waals surface area (Å²) in [4.78, 5) is 33.9. The number of nitrogens with one attached hydrogen (secondary N) is 1. The van der Waals surface area contributed by atoms with Crippen molar-refractivity contribution < 1.29 is 24.6 Å². The zero-order valence-corrected chi connectivity index (χ0v) is 11.6. The van der Waals surface area contributed by atoms with Gasteiger partial charge in [-0.3, -0.25) is 4.79 Å². The van der Waals surface area contributed by atoms with Gasteiger partial charge in [-0.1, -0.05) is 18.2 Å². The topological polar surface area (TPSA) is 104 Å². The van der Waals surface area contributed by atoms with Gasteiger partial charge in [0.25, 0.3) is 0 Å². The highest BCUT2D eigenvalue weighted by molar-refractivity contribution is 6.06. The van der Waals surface area contributed by atoms with Gasteiger partial charge in [-0.15, -0.1) is 0 Å². The van der Waals surface area contributed by atoms with Crippen molar-refractivity contribution in [3.05, 3.63) is 34.9 Å². The van der Waals surface area contributed by atoms with E-state index in [1.54, 1.807) is 18.2 Å². The van der Waals surface area contributed by atoms with E-state index in [4.69, 9.17) is 0 Å². The number of amides is 1. The Morgan fingerprint density at radius 1 is 1.10 bits per heavy atom. The molecule has 0 bridgehead atoms. The van der Waals surface area contributed by atoms with Gasteiger partial charge in [0, 0.05) is 13.3 Å². The Kier molecular flexibility index (Phi) is 4.49. The van der Waals surface area contributed by atoms with Crippen molar-refractivity contribution >= 4 is 17.8 Å². The molecule has 0 unspecified atom stereocenters. The van der Waals surface area contributed by atoms with Crippen LogP contribution in [0.1, 0.15) is 23.6 Å². The van der Waals surface area contributed by atoms with Crippen LogP contribution in [0.15, 0.2) is 18.2 Å². The summed E-state index contributed by atoms with van der Waals surface area (Å²) < 4.78 is 0. The minimum Gasteiger partial charge on any atom is -0.479 e. The molecule has 0 aliphatic rings. The molecule has 0 saturated carbocycles. The standard InChI is InChI=1S/C14H17NO5/c1-8-4-5-11(6-9(8)2)7-14(12(17)18,13(19)20)15-10(3)16/h4-6H,7H2,1-3H3,(H,15,16)(H,17,18)(H,19,20). The molecule has 1 aromatic carbocycles. The number of carbonyl (C=O) groups excluding carboxylic acids is 1. The van der Waals surface area contributed by atoms with Gasteiger partial charge in [0.2, 0.25) is 11.4 Å². The molecule has 1 rings (SSSR count). The molecule has 0 aliphatic heterocycles. The summed E-state index contributed by atoms with van der Waals surface area (Å²) in [6.07, 6.45) is -0.321. The molecule has 1 aromatic rings. The van der Waals surface area contributed by atoms with E-state index in [0.29, 0.717) is 5.56 Å². The Hall–Kier alpha value is -2.37. The van der Waals surface area contributed by atoms with Crippen LogP contribution in [0.2, 0.25) is 0 Å². The average Bonchev–Trinajstić information content (AvgIpc) is 2.31. The highest BCUT2D eigenvalue weighted by atomic mass is 16.4. The van der Waals surface area contributed by atoms with Crippen molar-refractivity contribution in [1.82, 2.24) is 5.32 Å². The molecule has 6 heteroatoms. The van der Waals surface area contributed by atoms with Gasteiger partial charge < -0.3 is 15.5 Å². The maximum absolute atomic E-state index is 11.4. The Morgan fingerprint density at radius 3 is 2.05 bits per heavy atom. The summed E-state index contributed by atoms with van der Waals surface area (Å²) >= 11 is 0. The monoisotopic (exact) mass is 279 g/mol. The first kappa shape index (κ1) is 15.7. The lowest BCUT2D eigenvalue weighted by atomic mass is 9.89. The molecule has 0 spiro atoms. The quantitative estimate of drug-likeness (QED) is 0.694. The maximum Gasteiger partial charge on any atom is 0.341 e. The first-order valence-electron chi connectivity index (χ1n) is 6.00. The molecule has 0 radical (unpaired) electrons. The number of carbonyl (C=O) groups is 3. The third kappa shape index (κ3) is 3.14. The Bertz CT molecular complexity index is 551. The van der Waals surface area contributed by atoms with Crippen molar-refractivity contribution in [2.75, 3.05) is 0 Å². The Morgan fingerprint density at radius 2 is 1.65 bits per heavy atom. The highest BCUT2D eigenvalue weighted by Gasteiger charge is 2.47. The lowest BCUT2D eigenvalue weighted by molar-refractivity contribution is -0.161. The predicted octanol–water partition coefficient (Wildman–Crippen LogP) is 0.890. The van der Waals surface area contributed by atoms with Crippen molar-refractivity contribution in [1.29, 1.82) is 0 Å². The summed E-state index contributed by atoms with van der Waals surface area (Å²) in [5.41, 5.74) is 0.124. The molecule has 0 aromatic heterocycles. The van der Waals surface area contributed by atoms with Crippen LogP contribution in [0.25, 0.3) is 0 Å². The van der Waals surface area contributed by atoms with E-state index in [-0.39, 0.29) is 6.42 Å². The van der Waals surface area contributed by atoms with Crippen molar-refractivity contribution in [3.63, 3.8) is 0 Å². The van der Waals surface area contributed by atoms with Gasteiger partial charge in [0.05, 0.1) is 0 Å². The van der Waals surface area contributed by atoms with Crippen molar-refractivity contribution in [3.8, 4) is 0 Å². The van der Waals surface area contributed by atoms with Crippen molar-refractivity contribution in [2.45, 2.75) is 32.7 Å². The van der Waals surface area contributed by atoms with Crippen LogP contribution in [0.4, 0.5) is 0 Å². The zero-order valence-electron chi connectivity index (χ0n) is 11.6. The second-order valence-electron chi connectivity index (χ2n) is 4.79. The van der Waals surface area contributed by atoms with Crippen LogP contribution in [0, 0.1) is 13.8 Å². The summed E-state index contributed by atoms with van der Waals surface area (Å²) in [5, 5.41) is 20.5. The molecule has 108 valence electrons. The molecule has 0 saturated heterocycles. The number of carboxylic acid groups (broad SMARTS) is 2. The van der Waals surface area contributed by atoms with E-state index in [1.165, 1.54) is 0 Å². The largest absolute Gasteiger partial charge is 0.479 e. The molecule has 6 nitrogen and oxygen atoms in total. The minimum absolute atomic E-state index is 0.321. The summed E-state index contributed by atoms with van der Waals surface area (Å²) in [6.45, 7) is 4.83. The second-order valence-corrected chi connectivity index (χ2v) is 4.79. The Balaban J connectivity index is 3.23. The number of aryl methyl sites for hydroxylation is 2. The molecule has 20 heavy (non-hydrogen) atoms. The summed E-state index contributed by atoms with van der Waals surface area (Å²) in [7, 11) is 0.